The lowest BCUT2D eigenvalue weighted by molar-refractivity contribution is -0.126. The molecule has 0 saturated carbocycles. The number of amides is 2. The quantitative estimate of drug-likeness (QED) is 0.763. The summed E-state index contributed by atoms with van der Waals surface area (Å²) in [5.74, 6) is -1.48. The zero-order chi connectivity index (χ0) is 21.1. The van der Waals surface area contributed by atoms with Crippen LogP contribution in [0.5, 0.6) is 0 Å². The molecule has 1 aromatic rings. The number of benzene rings is 1. The fourth-order valence-corrected chi connectivity index (χ4v) is 3.13. The van der Waals surface area contributed by atoms with Crippen molar-refractivity contribution in [3.05, 3.63) is 34.6 Å². The first-order valence-electron chi connectivity index (χ1n) is 9.25. The summed E-state index contributed by atoms with van der Waals surface area (Å²) in [5.41, 5.74) is -0.330. The highest BCUT2D eigenvalue weighted by Gasteiger charge is 2.31. The molecular formula is C20H26ClFN2O4. The van der Waals surface area contributed by atoms with E-state index in [2.05, 4.69) is 5.32 Å². The lowest BCUT2D eigenvalue weighted by Crippen LogP contribution is -2.47. The van der Waals surface area contributed by atoms with Gasteiger partial charge in [0.05, 0.1) is 11.1 Å². The fourth-order valence-electron chi connectivity index (χ4n) is 2.95. The fraction of sp³-hybridized carbons (Fsp3) is 0.550. The van der Waals surface area contributed by atoms with Crippen LogP contribution in [0.25, 0.3) is 0 Å². The average Bonchev–Trinajstić information content (AvgIpc) is 2.62. The summed E-state index contributed by atoms with van der Waals surface area (Å²) in [7, 11) is 0. The highest BCUT2D eigenvalue weighted by atomic mass is 35.5. The molecule has 1 aliphatic heterocycles. The predicted molar refractivity (Wildman–Crippen MR) is 104 cm³/mol. The Morgan fingerprint density at radius 1 is 1.25 bits per heavy atom. The molecule has 0 spiro atoms. The monoisotopic (exact) mass is 412 g/mol. The van der Waals surface area contributed by atoms with Crippen LogP contribution in [0.15, 0.2) is 18.2 Å². The predicted octanol–water partition coefficient (Wildman–Crippen LogP) is 3.81. The van der Waals surface area contributed by atoms with Gasteiger partial charge in [-0.2, -0.15) is 0 Å². The largest absolute Gasteiger partial charge is 0.444 e. The molecule has 6 nitrogen and oxygen atoms in total. The van der Waals surface area contributed by atoms with Crippen molar-refractivity contribution in [1.82, 2.24) is 10.2 Å². The number of carbonyl (C=O) groups is 3. The van der Waals surface area contributed by atoms with E-state index < -0.39 is 17.5 Å². The zero-order valence-corrected chi connectivity index (χ0v) is 17.3. The van der Waals surface area contributed by atoms with E-state index in [9.17, 15) is 18.8 Å². The van der Waals surface area contributed by atoms with Gasteiger partial charge in [0.2, 0.25) is 5.91 Å². The van der Waals surface area contributed by atoms with E-state index in [1.54, 1.807) is 32.6 Å². The Balaban J connectivity index is 1.87. The van der Waals surface area contributed by atoms with Crippen molar-refractivity contribution >= 4 is 29.4 Å². The Kier molecular flexibility index (Phi) is 7.04. The molecule has 1 aliphatic rings. The van der Waals surface area contributed by atoms with Gasteiger partial charge in [-0.3, -0.25) is 9.59 Å². The number of ketones is 1. The standard InChI is InChI=1S/C20H26ClFN2O4/c1-12(17(25)14-5-6-16(22)15(21)11-14)23-18(26)13-7-9-24(10-8-13)19(27)28-20(2,3)4/h5-6,11-13H,7-10H2,1-4H3,(H,23,26). The Morgan fingerprint density at radius 3 is 2.39 bits per heavy atom. The van der Waals surface area contributed by atoms with E-state index in [1.165, 1.54) is 12.1 Å². The van der Waals surface area contributed by atoms with Gasteiger partial charge in [0, 0.05) is 24.6 Å². The average molecular weight is 413 g/mol. The maximum atomic E-state index is 13.2. The summed E-state index contributed by atoms with van der Waals surface area (Å²) in [6.07, 6.45) is 0.603. The number of ether oxygens (including phenoxy) is 1. The van der Waals surface area contributed by atoms with E-state index in [0.717, 1.165) is 6.07 Å². The van der Waals surface area contributed by atoms with Crippen molar-refractivity contribution in [1.29, 1.82) is 0 Å². The van der Waals surface area contributed by atoms with E-state index in [-0.39, 0.29) is 34.3 Å². The van der Waals surface area contributed by atoms with Gasteiger partial charge in [0.1, 0.15) is 11.4 Å². The number of likely N-dealkylation sites (tertiary alicyclic amines) is 1. The van der Waals surface area contributed by atoms with Gasteiger partial charge in [-0.25, -0.2) is 9.18 Å². The van der Waals surface area contributed by atoms with Crippen molar-refractivity contribution in [2.45, 2.75) is 52.2 Å². The lowest BCUT2D eigenvalue weighted by atomic mass is 9.95. The molecule has 8 heteroatoms. The SMILES string of the molecule is CC(NC(=O)C1CCN(C(=O)OC(C)(C)C)CC1)C(=O)c1ccc(F)c(Cl)c1. The number of hydrogen-bond donors (Lipinski definition) is 1. The van der Waals surface area contributed by atoms with Crippen LogP contribution in [0, 0.1) is 11.7 Å². The third-order valence-electron chi connectivity index (χ3n) is 4.47. The maximum absolute atomic E-state index is 13.2. The second-order valence-electron chi connectivity index (χ2n) is 7.97. The molecular weight excluding hydrogens is 387 g/mol. The third kappa shape index (κ3) is 5.92. The van der Waals surface area contributed by atoms with Crippen LogP contribution in [-0.4, -0.2) is 47.4 Å². The van der Waals surface area contributed by atoms with Gasteiger partial charge in [-0.1, -0.05) is 11.6 Å². The number of carbonyl (C=O) groups excluding carboxylic acids is 3. The molecule has 0 bridgehead atoms. The Bertz CT molecular complexity index is 755. The highest BCUT2D eigenvalue weighted by Crippen LogP contribution is 2.21. The summed E-state index contributed by atoms with van der Waals surface area (Å²) in [5, 5.41) is 2.56. The topological polar surface area (TPSA) is 75.7 Å². The number of nitrogens with one attached hydrogen (secondary N) is 1. The van der Waals surface area contributed by atoms with Crippen molar-refractivity contribution in [2.75, 3.05) is 13.1 Å². The number of halogens is 2. The number of hydrogen-bond acceptors (Lipinski definition) is 4. The van der Waals surface area contributed by atoms with Crippen molar-refractivity contribution < 1.29 is 23.5 Å². The summed E-state index contributed by atoms with van der Waals surface area (Å²) in [4.78, 5) is 38.6. The van der Waals surface area contributed by atoms with Crippen molar-refractivity contribution in [3.8, 4) is 0 Å². The first-order chi connectivity index (χ1) is 13.0. The Labute approximate surface area is 169 Å². The molecule has 1 N–H and O–H groups in total. The van der Waals surface area contributed by atoms with Crippen molar-refractivity contribution in [2.24, 2.45) is 5.92 Å². The van der Waals surface area contributed by atoms with Gasteiger partial charge in [0.15, 0.2) is 5.78 Å². The molecule has 2 amide bonds. The Hall–Kier alpha value is -2.15. The van der Waals surface area contributed by atoms with E-state index in [0.29, 0.717) is 25.9 Å². The molecule has 154 valence electrons. The number of Topliss-reactive ketones (excluding diaryl/α,β-unsaturated/α-hetero) is 1. The van der Waals surface area contributed by atoms with Crippen LogP contribution >= 0.6 is 11.6 Å². The minimum Gasteiger partial charge on any atom is -0.444 e. The number of nitrogens with zero attached hydrogens (tertiary/aromatic N) is 1. The second kappa shape index (κ2) is 8.90. The normalized spacial score (nSPS) is 16.4. The summed E-state index contributed by atoms with van der Waals surface area (Å²) in [6, 6.07) is 2.95. The molecule has 1 unspecified atom stereocenters. The van der Waals surface area contributed by atoms with E-state index in [4.69, 9.17) is 16.3 Å². The minimum atomic E-state index is -0.766. The maximum Gasteiger partial charge on any atom is 0.410 e. The molecule has 0 aliphatic carbocycles. The molecule has 1 fully saturated rings. The van der Waals surface area contributed by atoms with Gasteiger partial charge in [-0.05, 0) is 58.7 Å². The Morgan fingerprint density at radius 2 is 1.86 bits per heavy atom. The number of piperidine rings is 1. The van der Waals surface area contributed by atoms with Crippen LogP contribution in [0.4, 0.5) is 9.18 Å². The zero-order valence-electron chi connectivity index (χ0n) is 16.6. The van der Waals surface area contributed by atoms with Crippen LogP contribution < -0.4 is 5.32 Å². The molecule has 1 aromatic carbocycles. The molecule has 1 saturated heterocycles. The van der Waals surface area contributed by atoms with Gasteiger partial charge >= 0.3 is 6.09 Å². The third-order valence-corrected chi connectivity index (χ3v) is 4.76. The van der Waals surface area contributed by atoms with Gasteiger partial charge in [-0.15, -0.1) is 0 Å². The number of rotatable bonds is 4. The van der Waals surface area contributed by atoms with Gasteiger partial charge in [0.25, 0.3) is 0 Å². The van der Waals surface area contributed by atoms with Crippen LogP contribution in [-0.2, 0) is 9.53 Å². The molecule has 28 heavy (non-hydrogen) atoms. The van der Waals surface area contributed by atoms with Crippen LogP contribution in [0.2, 0.25) is 5.02 Å². The van der Waals surface area contributed by atoms with E-state index in [1.807, 2.05) is 0 Å². The molecule has 1 heterocycles. The summed E-state index contributed by atoms with van der Waals surface area (Å²) >= 11 is 5.71. The molecule has 0 aromatic heterocycles. The lowest BCUT2D eigenvalue weighted by Gasteiger charge is -2.33. The van der Waals surface area contributed by atoms with Crippen LogP contribution in [0.1, 0.15) is 50.9 Å². The summed E-state index contributed by atoms with van der Waals surface area (Å²) in [6.45, 7) is 7.83. The second-order valence-corrected chi connectivity index (χ2v) is 8.37. The van der Waals surface area contributed by atoms with Gasteiger partial charge < -0.3 is 15.0 Å². The molecule has 0 radical (unpaired) electrons. The smallest absolute Gasteiger partial charge is 0.410 e. The van der Waals surface area contributed by atoms with Crippen LogP contribution in [0.3, 0.4) is 0 Å². The minimum absolute atomic E-state index is 0.140. The highest BCUT2D eigenvalue weighted by molar-refractivity contribution is 6.31. The summed E-state index contributed by atoms with van der Waals surface area (Å²) < 4.78 is 18.6. The van der Waals surface area contributed by atoms with Crippen molar-refractivity contribution in [3.63, 3.8) is 0 Å². The first kappa shape index (κ1) is 22.1. The molecule has 1 atom stereocenters. The first-order valence-corrected chi connectivity index (χ1v) is 9.63. The molecule has 2 rings (SSSR count). The van der Waals surface area contributed by atoms with E-state index >= 15 is 0 Å².